The quantitative estimate of drug-likeness (QED) is 0.183. The SMILES string of the molecule is [2H]c1c([2H])c([2H])c(-n2c3c([2H])c([2H])c([2H])c([2H])c3c3c(-c4cc(-c5ccc(-c6ccccc6)cc5)nc(-c5cccc6c5sc5ccccc56)n4)c([2H])c([2H])c([2H])c32)c([2H])c1[2H]. The Balaban J connectivity index is 1.36. The molecule has 10 rings (SSSR count). The minimum atomic E-state index is -0.703. The first-order chi connectivity index (χ1) is 29.8. The van der Waals surface area contributed by atoms with E-state index in [2.05, 4.69) is 0 Å². The summed E-state index contributed by atoms with van der Waals surface area (Å²) in [5.74, 6) is 0.270. The summed E-state index contributed by atoms with van der Waals surface area (Å²) in [6.45, 7) is 0. The Kier molecular flexibility index (Phi) is 4.43. The Bertz CT molecular complexity index is 3520. The van der Waals surface area contributed by atoms with Crippen LogP contribution < -0.4 is 0 Å². The van der Waals surface area contributed by atoms with Crippen LogP contribution in [0.4, 0.5) is 0 Å². The molecule has 0 amide bonds. The first kappa shape index (κ1) is 19.0. The highest BCUT2D eigenvalue weighted by Gasteiger charge is 2.20. The van der Waals surface area contributed by atoms with E-state index in [4.69, 9.17) is 20.9 Å². The van der Waals surface area contributed by atoms with Crippen molar-refractivity contribution in [2.75, 3.05) is 0 Å². The molecule has 0 atom stereocenters. The zero-order chi connectivity index (χ0) is 43.5. The molecule has 3 nitrogen and oxygen atoms in total. The lowest BCUT2D eigenvalue weighted by atomic mass is 10.00. The highest BCUT2D eigenvalue weighted by Crippen LogP contribution is 2.42. The topological polar surface area (TPSA) is 30.7 Å². The molecule has 4 heteroatoms. The number of thiophene rings is 1. The summed E-state index contributed by atoms with van der Waals surface area (Å²) in [5, 5.41) is 1.80. The number of hydrogen-bond acceptors (Lipinski definition) is 3. The molecule has 0 saturated carbocycles. The first-order valence-electron chi connectivity index (χ1n) is 21.9. The third-order valence-corrected chi connectivity index (χ3v) is 10.1. The molecule has 0 unspecified atom stereocenters. The number of aromatic nitrogens is 3. The van der Waals surface area contributed by atoms with Crippen LogP contribution in [0.15, 0.2) is 176 Å². The van der Waals surface area contributed by atoms with Crippen LogP contribution in [0.2, 0.25) is 0 Å². The second kappa shape index (κ2) is 11.7. The molecule has 3 heterocycles. The summed E-state index contributed by atoms with van der Waals surface area (Å²) in [7, 11) is 0. The van der Waals surface area contributed by atoms with Gasteiger partial charge in [-0.2, -0.15) is 0 Å². The molecule has 0 aliphatic carbocycles. The van der Waals surface area contributed by atoms with Crippen LogP contribution in [0.1, 0.15) is 16.4 Å². The second-order valence-electron chi connectivity index (χ2n) is 11.7. The lowest BCUT2D eigenvalue weighted by Gasteiger charge is -2.12. The van der Waals surface area contributed by atoms with Gasteiger partial charge in [-0.25, -0.2) is 9.97 Å². The third-order valence-electron chi connectivity index (χ3n) is 8.85. The lowest BCUT2D eigenvalue weighted by Crippen LogP contribution is -1.97. The fourth-order valence-corrected chi connectivity index (χ4v) is 7.79. The van der Waals surface area contributed by atoms with Crippen LogP contribution in [0.3, 0.4) is 0 Å². The van der Waals surface area contributed by atoms with Gasteiger partial charge < -0.3 is 4.57 Å². The van der Waals surface area contributed by atoms with Gasteiger partial charge in [0.25, 0.3) is 0 Å². The molecule has 0 radical (unpaired) electrons. The molecule has 0 aliphatic rings. The van der Waals surface area contributed by atoms with Gasteiger partial charge in [-0.1, -0.05) is 133 Å². The maximum absolute atomic E-state index is 9.50. The molecular weight excluding hydrogens is 627 g/mol. The smallest absolute Gasteiger partial charge is 0.161 e. The maximum Gasteiger partial charge on any atom is 0.161 e. The van der Waals surface area contributed by atoms with Gasteiger partial charge in [0.1, 0.15) is 0 Å². The zero-order valence-electron chi connectivity index (χ0n) is 38.1. The molecule has 0 fully saturated rings. The van der Waals surface area contributed by atoms with Gasteiger partial charge in [0.05, 0.1) is 38.9 Å². The van der Waals surface area contributed by atoms with Crippen molar-refractivity contribution in [3.05, 3.63) is 176 Å². The van der Waals surface area contributed by atoms with Gasteiger partial charge in [0, 0.05) is 53.3 Å². The fourth-order valence-electron chi connectivity index (χ4n) is 6.58. The van der Waals surface area contributed by atoms with Crippen molar-refractivity contribution < 1.29 is 16.4 Å². The van der Waals surface area contributed by atoms with Crippen LogP contribution in [-0.4, -0.2) is 14.5 Å². The molecule has 0 bridgehead atoms. The molecular formula is C46H29N3S. The number of hydrogen-bond donors (Lipinski definition) is 0. The molecule has 0 N–H and O–H groups in total. The summed E-state index contributed by atoms with van der Waals surface area (Å²) in [4.78, 5) is 10.2. The Labute approximate surface area is 310 Å². The monoisotopic (exact) mass is 667 g/mol. The average molecular weight is 668 g/mol. The predicted octanol–water partition coefficient (Wildman–Crippen LogP) is 12.6. The Morgan fingerprint density at radius 1 is 0.500 bits per heavy atom. The van der Waals surface area contributed by atoms with E-state index in [-0.39, 0.29) is 38.9 Å². The predicted molar refractivity (Wildman–Crippen MR) is 211 cm³/mol. The van der Waals surface area contributed by atoms with Crippen molar-refractivity contribution in [2.24, 2.45) is 0 Å². The van der Waals surface area contributed by atoms with Crippen molar-refractivity contribution in [3.63, 3.8) is 0 Å². The van der Waals surface area contributed by atoms with E-state index in [0.29, 0.717) is 16.8 Å². The summed E-state index contributed by atoms with van der Waals surface area (Å²) in [6.07, 6.45) is 0. The van der Waals surface area contributed by atoms with E-state index in [9.17, 15) is 5.48 Å². The van der Waals surface area contributed by atoms with Gasteiger partial charge in [-0.05, 0) is 53.5 Å². The second-order valence-corrected chi connectivity index (χ2v) is 12.7. The number of benzene rings is 7. The van der Waals surface area contributed by atoms with E-state index in [1.165, 1.54) is 0 Å². The van der Waals surface area contributed by atoms with Crippen LogP contribution in [0.25, 0.3) is 92.7 Å². The van der Waals surface area contributed by atoms with Crippen molar-refractivity contribution >= 4 is 53.3 Å². The van der Waals surface area contributed by atoms with Gasteiger partial charge in [0.2, 0.25) is 0 Å². The molecule has 50 heavy (non-hydrogen) atoms. The fraction of sp³-hybridized carbons (Fsp3) is 0. The number of nitrogens with zero attached hydrogens (tertiary/aromatic N) is 3. The highest BCUT2D eigenvalue weighted by molar-refractivity contribution is 7.26. The van der Waals surface area contributed by atoms with Gasteiger partial charge in [-0.3, -0.25) is 0 Å². The number of fused-ring (bicyclic) bond motifs is 6. The molecule has 3 aromatic heterocycles. The van der Waals surface area contributed by atoms with Crippen molar-refractivity contribution in [3.8, 4) is 50.7 Å². The Morgan fingerprint density at radius 3 is 2.08 bits per heavy atom. The van der Waals surface area contributed by atoms with Crippen LogP contribution in [0, 0.1) is 0 Å². The largest absolute Gasteiger partial charge is 0.309 e. The van der Waals surface area contributed by atoms with E-state index in [1.54, 1.807) is 17.4 Å². The van der Waals surface area contributed by atoms with Gasteiger partial charge in [0.15, 0.2) is 5.82 Å². The normalized spacial score (nSPS) is 15.0. The zero-order valence-corrected chi connectivity index (χ0v) is 26.9. The van der Waals surface area contributed by atoms with Crippen LogP contribution in [-0.2, 0) is 0 Å². The Morgan fingerprint density at radius 2 is 1.20 bits per heavy atom. The van der Waals surface area contributed by atoms with Crippen LogP contribution >= 0.6 is 11.3 Å². The molecule has 0 saturated heterocycles. The minimum Gasteiger partial charge on any atom is -0.309 e. The molecule has 234 valence electrons. The van der Waals surface area contributed by atoms with E-state index in [1.807, 2.05) is 97.1 Å². The highest BCUT2D eigenvalue weighted by atomic mass is 32.1. The lowest BCUT2D eigenvalue weighted by molar-refractivity contribution is 1.18. The van der Waals surface area contributed by atoms with Crippen molar-refractivity contribution in [1.29, 1.82) is 0 Å². The summed E-state index contributed by atoms with van der Waals surface area (Å²) >= 11 is 1.57. The van der Waals surface area contributed by atoms with Gasteiger partial charge in [-0.15, -0.1) is 11.3 Å². The molecule has 0 aliphatic heterocycles. The molecule has 0 spiro atoms. The van der Waals surface area contributed by atoms with E-state index in [0.717, 1.165) is 35.9 Å². The average Bonchev–Trinajstić information content (AvgIpc) is 3.85. The maximum atomic E-state index is 9.50. The van der Waals surface area contributed by atoms with Crippen molar-refractivity contribution in [1.82, 2.24) is 14.5 Å². The summed E-state index contributed by atoms with van der Waals surface area (Å²) < 4.78 is 110. The number of para-hydroxylation sites is 2. The summed E-state index contributed by atoms with van der Waals surface area (Å²) in [6, 6.07) is 25.6. The first-order valence-corrected chi connectivity index (χ1v) is 16.7. The minimum absolute atomic E-state index is 0.0588. The van der Waals surface area contributed by atoms with Crippen LogP contribution in [0.5, 0.6) is 0 Å². The molecule has 10 aromatic rings. The summed E-state index contributed by atoms with van der Waals surface area (Å²) in [5.41, 5.74) is 2.82. The Hall–Kier alpha value is -6.36. The van der Waals surface area contributed by atoms with E-state index < -0.39 is 78.2 Å². The standard InChI is InChI=1S/C46H29N3S/c1-3-13-30(14-4-1)31-25-27-32(28-26-31)39-29-40(48-46(47-39)38-21-11-19-35-34-17-8-10-24-43(34)50-45(35)38)36-20-12-23-42-44(36)37-18-7-9-22-41(37)49(42)33-15-5-2-6-16-33/h1-29H/i2D,5D,6D,7D,9D,12D,15D,16D,18D,20D,22D,23D. The van der Waals surface area contributed by atoms with E-state index >= 15 is 0 Å². The van der Waals surface area contributed by atoms with Gasteiger partial charge >= 0.3 is 0 Å². The molecule has 7 aromatic carbocycles. The number of rotatable bonds is 5. The third kappa shape index (κ3) is 4.65. The van der Waals surface area contributed by atoms with Crippen molar-refractivity contribution in [2.45, 2.75) is 0 Å².